The monoisotopic (exact) mass is 467 g/mol. The number of rotatable bonds is 12. The van der Waals surface area contributed by atoms with Gasteiger partial charge < -0.3 is 14.2 Å². The van der Waals surface area contributed by atoms with Gasteiger partial charge in [0.25, 0.3) is 0 Å². The van der Waals surface area contributed by atoms with Crippen LogP contribution in [0.25, 0.3) is 0 Å². The summed E-state index contributed by atoms with van der Waals surface area (Å²) in [6, 6.07) is 14.0. The van der Waals surface area contributed by atoms with Crippen molar-refractivity contribution in [3.8, 4) is 11.5 Å². The average Bonchev–Trinajstić information content (AvgIpc) is 3.15. The minimum Gasteiger partial charge on any atom is -0.493 e. The van der Waals surface area contributed by atoms with E-state index in [4.69, 9.17) is 14.2 Å². The Kier molecular flexibility index (Phi) is 9.08. The Morgan fingerprint density at radius 3 is 2.38 bits per heavy atom. The van der Waals surface area contributed by atoms with E-state index in [1.807, 2.05) is 32.0 Å². The van der Waals surface area contributed by atoms with Crippen molar-refractivity contribution < 1.29 is 28.6 Å². The summed E-state index contributed by atoms with van der Waals surface area (Å²) >= 11 is 0. The molecule has 34 heavy (non-hydrogen) atoms. The summed E-state index contributed by atoms with van der Waals surface area (Å²) in [5, 5.41) is 0. The lowest BCUT2D eigenvalue weighted by Crippen LogP contribution is -2.33. The fourth-order valence-electron chi connectivity index (χ4n) is 4.09. The van der Waals surface area contributed by atoms with Crippen LogP contribution in [-0.4, -0.2) is 49.6 Å². The molecule has 1 fully saturated rings. The van der Waals surface area contributed by atoms with Gasteiger partial charge in [-0.05, 0) is 55.9 Å². The number of hydrogen-bond donors (Lipinski definition) is 0. The smallest absolute Gasteiger partial charge is 0.306 e. The maximum Gasteiger partial charge on any atom is 0.306 e. The number of amides is 2. The maximum atomic E-state index is 12.2. The second kappa shape index (κ2) is 12.2. The zero-order valence-electron chi connectivity index (χ0n) is 20.2. The molecule has 1 unspecified atom stereocenters. The number of ether oxygens (including phenoxy) is 3. The lowest BCUT2D eigenvalue weighted by molar-refractivity contribution is -0.143. The van der Waals surface area contributed by atoms with Crippen molar-refractivity contribution >= 4 is 17.8 Å². The summed E-state index contributed by atoms with van der Waals surface area (Å²) in [5.74, 6) is 0.714. The predicted octanol–water partition coefficient (Wildman–Crippen LogP) is 4.20. The largest absolute Gasteiger partial charge is 0.493 e. The summed E-state index contributed by atoms with van der Waals surface area (Å²) in [7, 11) is 1.58. The second-order valence-electron chi connectivity index (χ2n) is 8.43. The van der Waals surface area contributed by atoms with Crippen molar-refractivity contribution in [2.75, 3.05) is 26.9 Å². The van der Waals surface area contributed by atoms with Crippen molar-refractivity contribution in [1.29, 1.82) is 0 Å². The van der Waals surface area contributed by atoms with Crippen LogP contribution in [-0.2, 0) is 25.5 Å². The topological polar surface area (TPSA) is 82.1 Å². The quantitative estimate of drug-likeness (QED) is 0.344. The van der Waals surface area contributed by atoms with Crippen molar-refractivity contribution in [1.82, 2.24) is 4.90 Å². The van der Waals surface area contributed by atoms with E-state index in [0.717, 1.165) is 24.0 Å². The summed E-state index contributed by atoms with van der Waals surface area (Å²) in [4.78, 5) is 36.9. The molecular formula is C27H33NO6. The maximum absolute atomic E-state index is 12.2. The molecule has 2 amide bonds. The molecule has 0 radical (unpaired) electrons. The molecule has 3 rings (SSSR count). The van der Waals surface area contributed by atoms with Crippen molar-refractivity contribution in [2.45, 2.75) is 51.9 Å². The Morgan fingerprint density at radius 2 is 1.74 bits per heavy atom. The van der Waals surface area contributed by atoms with E-state index in [1.165, 1.54) is 10.5 Å². The highest BCUT2D eigenvalue weighted by molar-refractivity contribution is 6.01. The lowest BCUT2D eigenvalue weighted by atomic mass is 9.89. The van der Waals surface area contributed by atoms with Gasteiger partial charge in [0.1, 0.15) is 6.61 Å². The number of likely N-dealkylation sites (tertiary alicyclic amines) is 1. The molecule has 0 N–H and O–H groups in total. The number of aryl methyl sites for hydroxylation is 2. The van der Waals surface area contributed by atoms with Crippen molar-refractivity contribution in [3.05, 3.63) is 59.2 Å². The van der Waals surface area contributed by atoms with E-state index in [1.54, 1.807) is 7.11 Å². The number of esters is 1. The summed E-state index contributed by atoms with van der Waals surface area (Å²) in [6.45, 7) is 4.67. The minimum absolute atomic E-state index is 0.0529. The molecule has 0 bridgehead atoms. The Labute approximate surface area is 201 Å². The van der Waals surface area contributed by atoms with Gasteiger partial charge >= 0.3 is 5.97 Å². The molecule has 2 aromatic rings. The third-order valence-electron chi connectivity index (χ3n) is 6.00. The number of carbonyl (C=O) groups is 3. The van der Waals surface area contributed by atoms with Crippen LogP contribution in [0.15, 0.2) is 42.5 Å². The molecule has 1 atom stereocenters. The molecular weight excluding hydrogens is 434 g/mol. The van der Waals surface area contributed by atoms with Gasteiger partial charge in [0.15, 0.2) is 11.5 Å². The van der Waals surface area contributed by atoms with Gasteiger partial charge in [-0.3, -0.25) is 19.3 Å². The summed E-state index contributed by atoms with van der Waals surface area (Å²) < 4.78 is 16.5. The SMILES string of the molecule is CCOC(=O)CC(CCc1ccc(OCCN2C(=O)CCC2=O)c(OC)c1)c1ccc(C)cc1. The van der Waals surface area contributed by atoms with E-state index >= 15 is 0 Å². The minimum atomic E-state index is -0.190. The van der Waals surface area contributed by atoms with E-state index in [9.17, 15) is 14.4 Å². The van der Waals surface area contributed by atoms with Gasteiger partial charge in [-0.15, -0.1) is 0 Å². The second-order valence-corrected chi connectivity index (χ2v) is 8.43. The van der Waals surface area contributed by atoms with Gasteiger partial charge in [-0.2, -0.15) is 0 Å². The van der Waals surface area contributed by atoms with Crippen molar-refractivity contribution in [3.63, 3.8) is 0 Å². The molecule has 0 aliphatic carbocycles. The molecule has 7 nitrogen and oxygen atoms in total. The first kappa shape index (κ1) is 25.3. The van der Waals surface area contributed by atoms with E-state index in [-0.39, 0.29) is 49.7 Å². The van der Waals surface area contributed by atoms with Crippen LogP contribution in [0.5, 0.6) is 11.5 Å². The van der Waals surface area contributed by atoms with Gasteiger partial charge in [-0.1, -0.05) is 35.9 Å². The van der Waals surface area contributed by atoms with Gasteiger partial charge in [0.05, 0.1) is 26.7 Å². The third-order valence-corrected chi connectivity index (χ3v) is 6.00. The molecule has 1 aliphatic rings. The Hall–Kier alpha value is -3.35. The number of carbonyl (C=O) groups excluding carboxylic acids is 3. The zero-order valence-corrected chi connectivity index (χ0v) is 20.2. The van der Waals surface area contributed by atoms with Gasteiger partial charge in [0.2, 0.25) is 11.8 Å². The summed E-state index contributed by atoms with van der Waals surface area (Å²) in [5.41, 5.74) is 3.36. The number of nitrogens with zero attached hydrogens (tertiary/aromatic N) is 1. The van der Waals surface area contributed by atoms with E-state index in [0.29, 0.717) is 24.5 Å². The van der Waals surface area contributed by atoms with Crippen LogP contribution < -0.4 is 9.47 Å². The van der Waals surface area contributed by atoms with E-state index < -0.39 is 0 Å². The fraction of sp³-hybridized carbons (Fsp3) is 0.444. The predicted molar refractivity (Wildman–Crippen MR) is 128 cm³/mol. The number of methoxy groups -OCH3 is 1. The molecule has 1 heterocycles. The normalized spacial score (nSPS) is 14.3. The molecule has 1 aliphatic heterocycles. The molecule has 182 valence electrons. The van der Waals surface area contributed by atoms with Crippen LogP contribution in [0.2, 0.25) is 0 Å². The number of benzene rings is 2. The molecule has 0 saturated carbocycles. The van der Waals surface area contributed by atoms with Gasteiger partial charge in [-0.25, -0.2) is 0 Å². The Morgan fingerprint density at radius 1 is 1.03 bits per heavy atom. The molecule has 0 spiro atoms. The van der Waals surface area contributed by atoms with E-state index in [2.05, 4.69) is 24.3 Å². The third kappa shape index (κ3) is 6.83. The highest BCUT2D eigenvalue weighted by atomic mass is 16.5. The Balaban J connectivity index is 1.62. The van der Waals surface area contributed by atoms with Crippen LogP contribution in [0, 0.1) is 6.92 Å². The first-order chi connectivity index (χ1) is 16.4. The lowest BCUT2D eigenvalue weighted by Gasteiger charge is -2.18. The van der Waals surface area contributed by atoms with Crippen LogP contribution in [0.3, 0.4) is 0 Å². The zero-order chi connectivity index (χ0) is 24.5. The molecule has 1 saturated heterocycles. The number of hydrogen-bond acceptors (Lipinski definition) is 6. The summed E-state index contributed by atoms with van der Waals surface area (Å²) in [6.07, 6.45) is 2.42. The highest BCUT2D eigenvalue weighted by Gasteiger charge is 2.28. The Bertz CT molecular complexity index is 985. The van der Waals surface area contributed by atoms with Crippen LogP contribution in [0.1, 0.15) is 55.2 Å². The average molecular weight is 468 g/mol. The highest BCUT2D eigenvalue weighted by Crippen LogP contribution is 2.31. The number of imide groups is 1. The van der Waals surface area contributed by atoms with Crippen LogP contribution in [0.4, 0.5) is 0 Å². The first-order valence-corrected chi connectivity index (χ1v) is 11.8. The van der Waals surface area contributed by atoms with Crippen LogP contribution >= 0.6 is 0 Å². The van der Waals surface area contributed by atoms with Crippen molar-refractivity contribution in [2.24, 2.45) is 0 Å². The first-order valence-electron chi connectivity index (χ1n) is 11.8. The molecule has 0 aromatic heterocycles. The van der Waals surface area contributed by atoms with Gasteiger partial charge in [0, 0.05) is 12.8 Å². The molecule has 7 heteroatoms. The fourth-order valence-corrected chi connectivity index (χ4v) is 4.09. The molecule has 2 aromatic carbocycles. The standard InChI is InChI=1S/C27H33NO6/c1-4-33-27(31)18-22(21-9-5-19(2)6-10-21)11-7-20-8-12-23(24(17-20)32-3)34-16-15-28-25(29)13-14-26(28)30/h5-6,8-10,12,17,22H,4,7,11,13-16,18H2,1-3H3.